The van der Waals surface area contributed by atoms with Crippen molar-refractivity contribution < 1.29 is 40.6 Å². The topological polar surface area (TPSA) is 57.9 Å². The highest BCUT2D eigenvalue weighted by atomic mass is 19.2. The van der Waals surface area contributed by atoms with Crippen LogP contribution < -0.4 is 19.8 Å². The van der Waals surface area contributed by atoms with Crippen molar-refractivity contribution in [2.24, 2.45) is 0 Å². The SMILES string of the molecule is COc1ccc(-c2c(C)c3cc(OCc4c(F)c(F)c(F)c(F)c4F)ccc3oc2=O)cc1OC. The van der Waals surface area contributed by atoms with Crippen molar-refractivity contribution in [3.63, 3.8) is 0 Å². The summed E-state index contributed by atoms with van der Waals surface area (Å²) in [6.45, 7) is 0.745. The van der Waals surface area contributed by atoms with Gasteiger partial charge in [0.05, 0.1) is 25.3 Å². The van der Waals surface area contributed by atoms with Gasteiger partial charge in [-0.1, -0.05) is 6.07 Å². The van der Waals surface area contributed by atoms with E-state index in [9.17, 15) is 26.7 Å². The lowest BCUT2D eigenvalue weighted by Gasteiger charge is -2.13. The van der Waals surface area contributed by atoms with E-state index in [1.807, 2.05) is 0 Å². The van der Waals surface area contributed by atoms with E-state index in [4.69, 9.17) is 18.6 Å². The second kappa shape index (κ2) is 9.28. The summed E-state index contributed by atoms with van der Waals surface area (Å²) in [7, 11) is 2.92. The minimum Gasteiger partial charge on any atom is -0.493 e. The van der Waals surface area contributed by atoms with Gasteiger partial charge in [-0.15, -0.1) is 0 Å². The third-order valence-corrected chi connectivity index (χ3v) is 5.49. The molecule has 4 rings (SSSR count). The lowest BCUT2D eigenvalue weighted by atomic mass is 9.99. The van der Waals surface area contributed by atoms with Crippen molar-refractivity contribution in [3.8, 4) is 28.4 Å². The van der Waals surface area contributed by atoms with E-state index in [1.54, 1.807) is 25.1 Å². The van der Waals surface area contributed by atoms with E-state index in [-0.39, 0.29) is 16.9 Å². The monoisotopic (exact) mass is 492 g/mol. The number of aryl methyl sites for hydroxylation is 1. The smallest absolute Gasteiger partial charge is 0.344 e. The third-order valence-electron chi connectivity index (χ3n) is 5.49. The highest BCUT2D eigenvalue weighted by Crippen LogP contribution is 2.35. The maximum atomic E-state index is 14.0. The molecule has 0 amide bonds. The van der Waals surface area contributed by atoms with Crippen LogP contribution in [0.3, 0.4) is 0 Å². The van der Waals surface area contributed by atoms with E-state index in [1.165, 1.54) is 32.4 Å². The van der Waals surface area contributed by atoms with Crippen LogP contribution in [0.15, 0.2) is 45.6 Å². The fourth-order valence-electron chi connectivity index (χ4n) is 3.68. The Morgan fingerprint density at radius 2 is 1.43 bits per heavy atom. The van der Waals surface area contributed by atoms with Crippen LogP contribution in [0.25, 0.3) is 22.1 Å². The molecule has 1 aromatic heterocycles. The quantitative estimate of drug-likeness (QED) is 0.142. The molecule has 3 aromatic carbocycles. The molecule has 5 nitrogen and oxygen atoms in total. The predicted molar refractivity (Wildman–Crippen MR) is 116 cm³/mol. The van der Waals surface area contributed by atoms with Gasteiger partial charge in [-0.25, -0.2) is 26.7 Å². The lowest BCUT2D eigenvalue weighted by molar-refractivity contribution is 0.279. The maximum absolute atomic E-state index is 14.0. The van der Waals surface area contributed by atoms with E-state index < -0.39 is 46.9 Å². The minimum atomic E-state index is -2.25. The summed E-state index contributed by atoms with van der Waals surface area (Å²) < 4.78 is 89.3. The first-order valence-electron chi connectivity index (χ1n) is 10.1. The molecule has 35 heavy (non-hydrogen) atoms. The molecule has 0 saturated heterocycles. The minimum absolute atomic E-state index is 0.0525. The molecule has 10 heteroatoms. The van der Waals surface area contributed by atoms with E-state index in [0.29, 0.717) is 28.0 Å². The van der Waals surface area contributed by atoms with Crippen LogP contribution in [-0.2, 0) is 6.61 Å². The first-order chi connectivity index (χ1) is 16.7. The first-order valence-corrected chi connectivity index (χ1v) is 10.1. The van der Waals surface area contributed by atoms with Gasteiger partial charge in [-0.3, -0.25) is 0 Å². The fourth-order valence-corrected chi connectivity index (χ4v) is 3.68. The zero-order valence-electron chi connectivity index (χ0n) is 18.6. The molecule has 0 aliphatic carbocycles. The average Bonchev–Trinajstić information content (AvgIpc) is 2.86. The molecule has 0 radical (unpaired) electrons. The number of rotatable bonds is 6. The zero-order valence-corrected chi connectivity index (χ0v) is 18.6. The van der Waals surface area contributed by atoms with Crippen LogP contribution in [0.5, 0.6) is 17.2 Å². The Bertz CT molecular complexity index is 1480. The molecule has 4 aromatic rings. The maximum Gasteiger partial charge on any atom is 0.344 e. The van der Waals surface area contributed by atoms with Gasteiger partial charge in [-0.2, -0.15) is 0 Å². The van der Waals surface area contributed by atoms with Gasteiger partial charge in [0.25, 0.3) is 0 Å². The van der Waals surface area contributed by atoms with Gasteiger partial charge in [0.2, 0.25) is 5.82 Å². The Balaban J connectivity index is 1.74. The largest absolute Gasteiger partial charge is 0.493 e. The van der Waals surface area contributed by atoms with Crippen LogP contribution in [0.1, 0.15) is 11.1 Å². The molecule has 0 saturated carbocycles. The number of benzene rings is 3. The third kappa shape index (κ3) is 4.16. The van der Waals surface area contributed by atoms with Gasteiger partial charge in [0.15, 0.2) is 34.8 Å². The molecule has 0 spiro atoms. The first kappa shape index (κ1) is 24.1. The van der Waals surface area contributed by atoms with Gasteiger partial charge in [0.1, 0.15) is 17.9 Å². The Hall–Kier alpha value is -4.08. The molecule has 0 bridgehead atoms. The second-order valence-electron chi connectivity index (χ2n) is 7.45. The number of halogens is 5. The number of ether oxygens (including phenoxy) is 3. The normalized spacial score (nSPS) is 11.1. The summed E-state index contributed by atoms with van der Waals surface area (Å²) >= 11 is 0. The number of methoxy groups -OCH3 is 2. The Labute approximate surface area is 195 Å². The number of fused-ring (bicyclic) bond motifs is 1. The van der Waals surface area contributed by atoms with Crippen LogP contribution in [0.4, 0.5) is 22.0 Å². The Kier molecular flexibility index (Phi) is 6.38. The molecule has 0 aliphatic heterocycles. The molecule has 0 aliphatic rings. The number of hydrogen-bond donors (Lipinski definition) is 0. The summed E-state index contributed by atoms with van der Waals surface area (Å²) in [5, 5.41) is 0.435. The van der Waals surface area contributed by atoms with Crippen LogP contribution >= 0.6 is 0 Å². The van der Waals surface area contributed by atoms with E-state index in [0.717, 1.165) is 0 Å². The lowest BCUT2D eigenvalue weighted by Crippen LogP contribution is -2.10. The van der Waals surface area contributed by atoms with Gasteiger partial charge in [-0.05, 0) is 48.4 Å². The van der Waals surface area contributed by atoms with Crippen LogP contribution in [-0.4, -0.2) is 14.2 Å². The van der Waals surface area contributed by atoms with Gasteiger partial charge >= 0.3 is 5.63 Å². The van der Waals surface area contributed by atoms with Crippen molar-refractivity contribution in [3.05, 3.63) is 87.0 Å². The Morgan fingerprint density at radius 1 is 0.800 bits per heavy atom. The summed E-state index contributed by atoms with van der Waals surface area (Å²) in [5.41, 5.74) is -0.287. The van der Waals surface area contributed by atoms with Crippen LogP contribution in [0, 0.1) is 36.0 Å². The van der Waals surface area contributed by atoms with Crippen molar-refractivity contribution >= 4 is 11.0 Å². The molecule has 0 N–H and O–H groups in total. The van der Waals surface area contributed by atoms with Crippen LogP contribution in [0.2, 0.25) is 0 Å². The zero-order chi connectivity index (χ0) is 25.4. The van der Waals surface area contributed by atoms with Crippen molar-refractivity contribution in [2.45, 2.75) is 13.5 Å². The molecular formula is C25H17F5O5. The summed E-state index contributed by atoms with van der Waals surface area (Å²) in [4.78, 5) is 12.7. The Morgan fingerprint density at radius 3 is 2.06 bits per heavy atom. The van der Waals surface area contributed by atoms with Gasteiger partial charge in [0, 0.05) is 5.39 Å². The fraction of sp³-hybridized carbons (Fsp3) is 0.160. The standard InChI is InChI=1S/C25H17F5O5/c1-11-14-9-13(34-10-15-20(26)22(28)24(30)23(29)21(15)27)5-7-16(14)35-25(31)19(11)12-4-6-17(32-2)18(8-12)33-3/h4-9H,10H2,1-3H3. The summed E-state index contributed by atoms with van der Waals surface area (Å²) in [5.74, 6) is -9.40. The molecular weight excluding hydrogens is 475 g/mol. The molecule has 0 atom stereocenters. The second-order valence-corrected chi connectivity index (χ2v) is 7.45. The van der Waals surface area contributed by atoms with Crippen molar-refractivity contribution in [1.29, 1.82) is 0 Å². The number of hydrogen-bond acceptors (Lipinski definition) is 5. The molecule has 0 fully saturated rings. The van der Waals surface area contributed by atoms with E-state index >= 15 is 0 Å². The highest BCUT2D eigenvalue weighted by Gasteiger charge is 2.26. The van der Waals surface area contributed by atoms with Gasteiger partial charge < -0.3 is 18.6 Å². The average molecular weight is 492 g/mol. The van der Waals surface area contributed by atoms with Crippen molar-refractivity contribution in [1.82, 2.24) is 0 Å². The summed E-state index contributed by atoms with van der Waals surface area (Å²) in [6, 6.07) is 9.05. The molecule has 0 unspecified atom stereocenters. The predicted octanol–water partition coefficient (Wildman–Crippen LogP) is 6.06. The van der Waals surface area contributed by atoms with Crippen molar-refractivity contribution in [2.75, 3.05) is 14.2 Å². The molecule has 1 heterocycles. The summed E-state index contributed by atoms with van der Waals surface area (Å²) in [6.07, 6.45) is 0. The highest BCUT2D eigenvalue weighted by molar-refractivity contribution is 5.88. The molecule has 182 valence electrons. The van der Waals surface area contributed by atoms with E-state index in [2.05, 4.69) is 0 Å².